The summed E-state index contributed by atoms with van der Waals surface area (Å²) in [6.07, 6.45) is 5.55. The van der Waals surface area contributed by atoms with Gasteiger partial charge < -0.3 is 5.32 Å². The molecule has 4 nitrogen and oxygen atoms in total. The van der Waals surface area contributed by atoms with Crippen LogP contribution in [0.5, 0.6) is 0 Å². The van der Waals surface area contributed by atoms with Crippen molar-refractivity contribution < 1.29 is 9.59 Å². The Hall–Kier alpha value is -2.75. The number of pyridine rings is 1. The van der Waals surface area contributed by atoms with Crippen molar-refractivity contribution in [1.29, 1.82) is 0 Å². The molecular weight excluding hydrogens is 276 g/mol. The fourth-order valence-electron chi connectivity index (χ4n) is 2.62. The molecule has 110 valence electrons. The molecule has 0 saturated heterocycles. The molecule has 0 bridgehead atoms. The number of rotatable bonds is 3. The van der Waals surface area contributed by atoms with Gasteiger partial charge in [-0.1, -0.05) is 30.3 Å². The topological polar surface area (TPSA) is 59.1 Å². The molecule has 1 fully saturated rings. The van der Waals surface area contributed by atoms with Gasteiger partial charge >= 0.3 is 0 Å². The molecule has 0 atom stereocenters. The quantitative estimate of drug-likeness (QED) is 0.697. The summed E-state index contributed by atoms with van der Waals surface area (Å²) < 4.78 is 0. The minimum absolute atomic E-state index is 0.0169. The Morgan fingerprint density at radius 2 is 1.73 bits per heavy atom. The summed E-state index contributed by atoms with van der Waals surface area (Å²) in [5.41, 5.74) is 2.04. The van der Waals surface area contributed by atoms with E-state index in [1.807, 2.05) is 36.4 Å². The summed E-state index contributed by atoms with van der Waals surface area (Å²) in [5.74, 6) is -0.236. The van der Waals surface area contributed by atoms with E-state index in [1.54, 1.807) is 18.5 Å². The van der Waals surface area contributed by atoms with Crippen LogP contribution in [0.3, 0.4) is 0 Å². The molecule has 1 N–H and O–H groups in total. The average Bonchev–Trinajstić information content (AvgIpc) is 2.56. The lowest BCUT2D eigenvalue weighted by atomic mass is 9.80. The third-order valence-corrected chi connectivity index (χ3v) is 3.78. The molecule has 3 rings (SSSR count). The molecule has 1 aromatic carbocycles. The highest BCUT2D eigenvalue weighted by atomic mass is 16.1. The van der Waals surface area contributed by atoms with Crippen LogP contribution in [-0.4, -0.2) is 16.6 Å². The van der Waals surface area contributed by atoms with Crippen molar-refractivity contribution in [2.24, 2.45) is 0 Å². The number of carbonyl (C=O) groups is 2. The van der Waals surface area contributed by atoms with Crippen LogP contribution in [0.15, 0.2) is 66.6 Å². The van der Waals surface area contributed by atoms with Crippen LogP contribution in [-0.2, 0) is 9.59 Å². The lowest BCUT2D eigenvalue weighted by molar-refractivity contribution is -0.124. The molecule has 22 heavy (non-hydrogen) atoms. The van der Waals surface area contributed by atoms with Gasteiger partial charge in [0.15, 0.2) is 11.6 Å². The first kappa shape index (κ1) is 14.2. The highest BCUT2D eigenvalue weighted by Gasteiger charge is 2.31. The molecule has 1 saturated carbocycles. The van der Waals surface area contributed by atoms with Gasteiger partial charge in [-0.3, -0.25) is 14.6 Å². The van der Waals surface area contributed by atoms with Crippen LogP contribution in [0, 0.1) is 0 Å². The maximum Gasteiger partial charge on any atom is 0.168 e. The van der Waals surface area contributed by atoms with E-state index >= 15 is 0 Å². The van der Waals surface area contributed by atoms with Crippen LogP contribution in [0.2, 0.25) is 0 Å². The molecule has 0 spiro atoms. The standard InChI is InChI=1S/C18H16N2O2/c21-17-9-14(13-5-2-1-3-6-13)10-18(22)16(17)12-20-15-7-4-8-19-11-15/h1-8,11-12,14,20H,9-10H2. The predicted molar refractivity (Wildman–Crippen MR) is 84.4 cm³/mol. The molecule has 1 aliphatic carbocycles. The van der Waals surface area contributed by atoms with Gasteiger partial charge in [-0.05, 0) is 23.6 Å². The number of nitrogens with zero attached hydrogens (tertiary/aromatic N) is 1. The van der Waals surface area contributed by atoms with Crippen LogP contribution in [0.25, 0.3) is 0 Å². The van der Waals surface area contributed by atoms with Gasteiger partial charge in [0.25, 0.3) is 0 Å². The predicted octanol–water partition coefficient (Wildman–Crippen LogP) is 3.09. The summed E-state index contributed by atoms with van der Waals surface area (Å²) in [6, 6.07) is 13.3. The highest BCUT2D eigenvalue weighted by Crippen LogP contribution is 2.31. The molecule has 1 heterocycles. The van der Waals surface area contributed by atoms with Crippen molar-refractivity contribution in [2.45, 2.75) is 18.8 Å². The average molecular weight is 292 g/mol. The van der Waals surface area contributed by atoms with Crippen LogP contribution in [0.1, 0.15) is 24.3 Å². The maximum atomic E-state index is 12.3. The Labute approximate surface area is 128 Å². The SMILES string of the molecule is O=C1CC(c2ccccc2)CC(=O)C1=CNc1cccnc1. The third kappa shape index (κ3) is 3.11. The molecule has 0 unspecified atom stereocenters. The smallest absolute Gasteiger partial charge is 0.168 e. The number of hydrogen-bond acceptors (Lipinski definition) is 4. The number of allylic oxidation sites excluding steroid dienone is 1. The molecule has 4 heteroatoms. The van der Waals surface area contributed by atoms with Crippen LogP contribution < -0.4 is 5.32 Å². The minimum atomic E-state index is -0.110. The molecular formula is C18H16N2O2. The molecule has 0 amide bonds. The summed E-state index contributed by atoms with van der Waals surface area (Å²) in [4.78, 5) is 28.5. The third-order valence-electron chi connectivity index (χ3n) is 3.78. The first-order valence-electron chi connectivity index (χ1n) is 7.22. The molecule has 0 radical (unpaired) electrons. The first-order valence-corrected chi connectivity index (χ1v) is 7.22. The Morgan fingerprint density at radius 3 is 2.36 bits per heavy atom. The Balaban J connectivity index is 1.74. The molecule has 0 aliphatic heterocycles. The number of carbonyl (C=O) groups excluding carboxylic acids is 2. The largest absolute Gasteiger partial charge is 0.360 e. The van der Waals surface area contributed by atoms with Gasteiger partial charge in [-0.25, -0.2) is 0 Å². The summed E-state index contributed by atoms with van der Waals surface area (Å²) in [6.45, 7) is 0. The number of nitrogens with one attached hydrogen (secondary N) is 1. The zero-order chi connectivity index (χ0) is 15.4. The number of Topliss-reactive ketones (excluding diaryl/α,β-unsaturated/α-hetero) is 2. The van der Waals surface area contributed by atoms with Crippen molar-refractivity contribution in [3.8, 4) is 0 Å². The van der Waals surface area contributed by atoms with E-state index in [2.05, 4.69) is 10.3 Å². The van der Waals surface area contributed by atoms with Gasteiger partial charge in [-0.2, -0.15) is 0 Å². The normalized spacial score (nSPS) is 18.2. The van der Waals surface area contributed by atoms with E-state index in [9.17, 15) is 9.59 Å². The lowest BCUT2D eigenvalue weighted by Crippen LogP contribution is -2.25. The molecule has 1 aromatic heterocycles. The second-order valence-electron chi connectivity index (χ2n) is 5.31. The van der Waals surface area contributed by atoms with Crippen molar-refractivity contribution in [2.75, 3.05) is 5.32 Å². The van der Waals surface area contributed by atoms with Crippen LogP contribution >= 0.6 is 0 Å². The number of anilines is 1. The first-order chi connectivity index (χ1) is 10.7. The zero-order valence-electron chi connectivity index (χ0n) is 12.0. The number of ketones is 2. The molecule has 1 aliphatic rings. The minimum Gasteiger partial charge on any atom is -0.360 e. The maximum absolute atomic E-state index is 12.3. The van der Waals surface area contributed by atoms with Gasteiger partial charge in [0, 0.05) is 25.2 Å². The number of aromatic nitrogens is 1. The summed E-state index contributed by atoms with van der Waals surface area (Å²) in [7, 11) is 0. The van der Waals surface area contributed by atoms with E-state index in [4.69, 9.17) is 0 Å². The van der Waals surface area contributed by atoms with Gasteiger partial charge in [0.05, 0.1) is 17.5 Å². The van der Waals surface area contributed by atoms with Crippen LogP contribution in [0.4, 0.5) is 5.69 Å². The van der Waals surface area contributed by atoms with Crippen molar-refractivity contribution in [1.82, 2.24) is 4.98 Å². The van der Waals surface area contributed by atoms with Crippen molar-refractivity contribution in [3.63, 3.8) is 0 Å². The van der Waals surface area contributed by atoms with E-state index in [1.165, 1.54) is 6.20 Å². The van der Waals surface area contributed by atoms with E-state index in [-0.39, 0.29) is 23.1 Å². The fourth-order valence-corrected chi connectivity index (χ4v) is 2.62. The van der Waals surface area contributed by atoms with E-state index < -0.39 is 0 Å². The highest BCUT2D eigenvalue weighted by molar-refractivity contribution is 6.22. The summed E-state index contributed by atoms with van der Waals surface area (Å²) >= 11 is 0. The van der Waals surface area contributed by atoms with Crippen molar-refractivity contribution >= 4 is 17.3 Å². The molecule has 2 aromatic rings. The van der Waals surface area contributed by atoms with Crippen molar-refractivity contribution in [3.05, 3.63) is 72.2 Å². The Bertz CT molecular complexity index is 688. The van der Waals surface area contributed by atoms with E-state index in [0.29, 0.717) is 12.8 Å². The second kappa shape index (κ2) is 6.35. The zero-order valence-corrected chi connectivity index (χ0v) is 12.0. The summed E-state index contributed by atoms with van der Waals surface area (Å²) in [5, 5.41) is 2.96. The van der Waals surface area contributed by atoms with Gasteiger partial charge in [0.1, 0.15) is 0 Å². The van der Waals surface area contributed by atoms with Gasteiger partial charge in [0.2, 0.25) is 0 Å². The van der Waals surface area contributed by atoms with Gasteiger partial charge in [-0.15, -0.1) is 0 Å². The fraction of sp³-hybridized carbons (Fsp3) is 0.167. The lowest BCUT2D eigenvalue weighted by Gasteiger charge is -2.22. The number of benzene rings is 1. The Kier molecular flexibility index (Phi) is 4.10. The monoisotopic (exact) mass is 292 g/mol. The number of hydrogen-bond donors (Lipinski definition) is 1. The van der Waals surface area contributed by atoms with E-state index in [0.717, 1.165) is 11.3 Å². The Morgan fingerprint density at radius 1 is 1.00 bits per heavy atom. The second-order valence-corrected chi connectivity index (χ2v) is 5.31.